The molecule has 0 unspecified atom stereocenters. The third-order valence-electron chi connectivity index (χ3n) is 10.6. The van der Waals surface area contributed by atoms with Gasteiger partial charge in [-0.25, -0.2) is 4.79 Å². The Kier molecular flexibility index (Phi) is 11.4. The highest BCUT2D eigenvalue weighted by molar-refractivity contribution is 6.75. The van der Waals surface area contributed by atoms with E-state index in [4.69, 9.17) is 22.4 Å². The molecule has 0 saturated carbocycles. The third kappa shape index (κ3) is 8.86. The van der Waals surface area contributed by atoms with Crippen molar-refractivity contribution in [1.29, 1.82) is 0 Å². The molecule has 0 aromatic carbocycles. The summed E-state index contributed by atoms with van der Waals surface area (Å²) >= 11 is 0. The van der Waals surface area contributed by atoms with E-state index >= 15 is 0 Å². The number of cyclic esters (lactones) is 1. The van der Waals surface area contributed by atoms with Crippen LogP contribution in [0.5, 0.6) is 0 Å². The number of hydrogen-bond donors (Lipinski definition) is 0. The first-order valence-corrected chi connectivity index (χ1v) is 26.8. The molecule has 0 bridgehead atoms. The molecule has 6 nitrogen and oxygen atoms in total. The maximum Gasteiger partial charge on any atom is 0.337 e. The molecule has 1 aliphatic rings. The minimum atomic E-state index is -2.35. The highest BCUT2D eigenvalue weighted by Crippen LogP contribution is 2.45. The predicted molar refractivity (Wildman–Crippen MR) is 179 cm³/mol. The van der Waals surface area contributed by atoms with E-state index in [-0.39, 0.29) is 26.1 Å². The van der Waals surface area contributed by atoms with E-state index in [1.165, 1.54) is 0 Å². The van der Waals surface area contributed by atoms with Gasteiger partial charge in [0.05, 0.1) is 6.61 Å². The zero-order valence-electron chi connectivity index (χ0n) is 30.0. The van der Waals surface area contributed by atoms with Gasteiger partial charge in [-0.1, -0.05) is 83.1 Å². The van der Waals surface area contributed by atoms with Crippen LogP contribution in [0.4, 0.5) is 0 Å². The fourth-order valence-corrected chi connectivity index (χ4v) is 8.20. The quantitative estimate of drug-likeness (QED) is 0.186. The highest BCUT2D eigenvalue weighted by Gasteiger charge is 2.57. The second-order valence-corrected chi connectivity index (χ2v) is 37.1. The average Bonchev–Trinajstić information content (AvgIpc) is 2.67. The van der Waals surface area contributed by atoms with Gasteiger partial charge in [0.15, 0.2) is 45.5 Å². The maximum absolute atomic E-state index is 13.9. The monoisotopic (exact) mass is 634 g/mol. The summed E-state index contributed by atoms with van der Waals surface area (Å²) in [4.78, 5) is 13.9. The van der Waals surface area contributed by atoms with Crippen LogP contribution < -0.4 is 0 Å². The average molecular weight is 635 g/mol. The van der Waals surface area contributed by atoms with Crippen molar-refractivity contribution < 1.29 is 27.2 Å². The van der Waals surface area contributed by atoms with Gasteiger partial charge in [0, 0.05) is 0 Å². The molecule has 0 aromatic rings. The van der Waals surface area contributed by atoms with E-state index in [9.17, 15) is 4.79 Å². The van der Waals surface area contributed by atoms with Gasteiger partial charge in [0.2, 0.25) is 0 Å². The first-order chi connectivity index (χ1) is 17.3. The molecule has 1 saturated heterocycles. The normalized spacial score (nSPS) is 24.8. The fraction of sp³-hybridized carbons (Fsp3) is 0.967. The summed E-state index contributed by atoms with van der Waals surface area (Å²) in [5.41, 5.74) is 0. The van der Waals surface area contributed by atoms with E-state index in [0.29, 0.717) is 6.61 Å². The van der Waals surface area contributed by atoms with Crippen LogP contribution in [-0.2, 0) is 27.2 Å². The molecule has 1 heterocycles. The number of esters is 1. The van der Waals surface area contributed by atoms with Crippen molar-refractivity contribution in [3.63, 3.8) is 0 Å². The fourth-order valence-electron chi connectivity index (χ4n) is 3.35. The van der Waals surface area contributed by atoms with E-state index in [1.807, 2.05) is 0 Å². The van der Waals surface area contributed by atoms with Gasteiger partial charge < -0.3 is 22.4 Å². The molecule has 0 aliphatic carbocycles. The molecule has 1 fully saturated rings. The van der Waals surface area contributed by atoms with Crippen LogP contribution in [0.3, 0.4) is 0 Å². The van der Waals surface area contributed by atoms with E-state index in [0.717, 1.165) is 0 Å². The van der Waals surface area contributed by atoms with Crippen molar-refractivity contribution >= 4 is 39.2 Å². The van der Waals surface area contributed by atoms with Gasteiger partial charge in [-0.05, 0) is 72.5 Å². The number of ether oxygens (including phenoxy) is 1. The Hall–Kier alpha value is 0.178. The Balaban J connectivity index is 3.77. The van der Waals surface area contributed by atoms with Crippen LogP contribution >= 0.6 is 0 Å². The van der Waals surface area contributed by atoms with Gasteiger partial charge in [0.25, 0.3) is 0 Å². The SMILES string of the molecule is CC(C)(C)[Si](C)(C)OC[C@H]1OC(=O)[C@H](O[Si](C)(C)C(C)(C)C)[C@@H](O[Si](C)(C)C(C)(C)C)[C@@H]1O[Si](C)(C)C(C)(C)C. The smallest absolute Gasteiger partial charge is 0.337 e. The lowest BCUT2D eigenvalue weighted by molar-refractivity contribution is -0.199. The lowest BCUT2D eigenvalue weighted by atomic mass is 10.0. The Bertz CT molecular complexity index is 873. The largest absolute Gasteiger partial charge is 0.455 e. The summed E-state index contributed by atoms with van der Waals surface area (Å²) in [5, 5.41) is -0.125. The summed E-state index contributed by atoms with van der Waals surface area (Å²) in [7, 11) is -9.09. The molecule has 0 radical (unpaired) electrons. The second-order valence-electron chi connectivity index (χ2n) is 18.0. The molecule has 4 atom stereocenters. The Morgan fingerprint density at radius 2 is 0.875 bits per heavy atom. The molecule has 0 aromatic heterocycles. The first-order valence-electron chi connectivity index (χ1n) is 15.2. The van der Waals surface area contributed by atoms with Crippen molar-refractivity contribution in [3.05, 3.63) is 0 Å². The van der Waals surface area contributed by atoms with Crippen LogP contribution in [0.1, 0.15) is 83.1 Å². The number of carbonyl (C=O) groups is 1. The Morgan fingerprint density at radius 1 is 0.550 bits per heavy atom. The van der Waals surface area contributed by atoms with Crippen molar-refractivity contribution in [2.75, 3.05) is 6.61 Å². The van der Waals surface area contributed by atoms with Gasteiger partial charge in [0.1, 0.15) is 12.2 Å². The van der Waals surface area contributed by atoms with Crippen LogP contribution in [0, 0.1) is 0 Å². The van der Waals surface area contributed by atoms with Crippen LogP contribution in [-0.4, -0.2) is 70.3 Å². The predicted octanol–water partition coefficient (Wildman–Crippen LogP) is 9.10. The third-order valence-corrected chi connectivity index (χ3v) is 28.5. The van der Waals surface area contributed by atoms with Crippen LogP contribution in [0.15, 0.2) is 0 Å². The molecular weight excluding hydrogens is 569 g/mol. The summed E-state index contributed by atoms with van der Waals surface area (Å²) in [6, 6.07) is 0. The minimum Gasteiger partial charge on any atom is -0.455 e. The van der Waals surface area contributed by atoms with E-state index in [2.05, 4.69) is 135 Å². The molecule has 238 valence electrons. The van der Waals surface area contributed by atoms with Crippen molar-refractivity contribution in [2.24, 2.45) is 0 Å². The molecule has 0 spiro atoms. The molecule has 10 heteroatoms. The highest BCUT2D eigenvalue weighted by atomic mass is 28.4. The van der Waals surface area contributed by atoms with E-state index < -0.39 is 57.7 Å². The van der Waals surface area contributed by atoms with E-state index in [1.54, 1.807) is 0 Å². The number of rotatable bonds is 9. The van der Waals surface area contributed by atoms with Crippen LogP contribution in [0.25, 0.3) is 0 Å². The Labute approximate surface area is 252 Å². The standard InChI is InChI=1S/C30H66O6Si4/c1-27(2,3)37(13,14)32-21-22-23(34-38(15,16)28(4,5)6)24(35-39(17,18)29(7,8)9)25(26(31)33-22)36-40(19,20)30(10,11)12/h22-25H,21H2,1-20H3/t22-,23-,24+,25-/m1/s1. The summed E-state index contributed by atoms with van der Waals surface area (Å²) in [6.07, 6.45) is -2.45. The van der Waals surface area contributed by atoms with Gasteiger partial charge >= 0.3 is 5.97 Å². The molecular formula is C30H66O6Si4. The van der Waals surface area contributed by atoms with Gasteiger partial charge in [-0.15, -0.1) is 0 Å². The summed E-state index contributed by atoms with van der Waals surface area (Å²) in [6.45, 7) is 44.7. The topological polar surface area (TPSA) is 63.2 Å². The van der Waals surface area contributed by atoms with Crippen molar-refractivity contribution in [2.45, 2.75) is 180 Å². The zero-order chi connectivity index (χ0) is 32.1. The molecule has 0 N–H and O–H groups in total. The van der Waals surface area contributed by atoms with Crippen molar-refractivity contribution in [3.8, 4) is 0 Å². The summed E-state index contributed by atoms with van der Waals surface area (Å²) in [5.74, 6) is -0.354. The first kappa shape index (κ1) is 38.2. The molecule has 1 rings (SSSR count). The number of carbonyl (C=O) groups excluding carboxylic acids is 1. The lowest BCUT2D eigenvalue weighted by Crippen LogP contribution is -2.67. The minimum absolute atomic E-state index is 0.0311. The van der Waals surface area contributed by atoms with Crippen LogP contribution in [0.2, 0.25) is 72.5 Å². The zero-order valence-corrected chi connectivity index (χ0v) is 34.0. The summed E-state index contributed by atoms with van der Waals surface area (Å²) < 4.78 is 34.2. The van der Waals surface area contributed by atoms with Gasteiger partial charge in [-0.2, -0.15) is 0 Å². The van der Waals surface area contributed by atoms with Gasteiger partial charge in [-0.3, -0.25) is 0 Å². The Morgan fingerprint density at radius 3 is 1.23 bits per heavy atom. The molecule has 0 amide bonds. The number of hydrogen-bond acceptors (Lipinski definition) is 6. The maximum atomic E-state index is 13.9. The van der Waals surface area contributed by atoms with Crippen molar-refractivity contribution in [1.82, 2.24) is 0 Å². The molecule has 40 heavy (non-hydrogen) atoms. The lowest BCUT2D eigenvalue weighted by Gasteiger charge is -2.52. The second kappa shape index (κ2) is 11.9. The molecule has 1 aliphatic heterocycles.